The average molecular weight is 530 g/mol. The van der Waals surface area contributed by atoms with Crippen LogP contribution in [0.2, 0.25) is 5.02 Å². The molecule has 4 aromatic rings. The van der Waals surface area contributed by atoms with Gasteiger partial charge in [0.25, 0.3) is 5.56 Å². The summed E-state index contributed by atoms with van der Waals surface area (Å²) in [5.74, 6) is 0.289. The molecule has 0 aliphatic rings. The molecule has 0 aliphatic carbocycles. The number of aromatic nitrogens is 3. The molecule has 0 bridgehead atoms. The van der Waals surface area contributed by atoms with Crippen molar-refractivity contribution in [2.45, 2.75) is 0 Å². The largest absolute Gasteiger partial charge is 0.412 e. The number of hydrogen-bond donors (Lipinski definition) is 1. The van der Waals surface area contributed by atoms with Crippen LogP contribution in [0.3, 0.4) is 0 Å². The standard InChI is InChI=1S/C21H13ClIN5O2/c1-30-28-19-13(9-15(20(28)29)18-16(22)3-2-4-17(18)23)11-25-21(27-19)26-14-7-5-12(10-24)6-8-14/h2-9,11H,1H3,(H,25,26,27). The third kappa shape index (κ3) is 3.69. The predicted molar refractivity (Wildman–Crippen MR) is 124 cm³/mol. The summed E-state index contributed by atoms with van der Waals surface area (Å²) in [5, 5.41) is 13.1. The van der Waals surface area contributed by atoms with Crippen molar-refractivity contribution < 1.29 is 4.84 Å². The van der Waals surface area contributed by atoms with Gasteiger partial charge in [0, 0.05) is 31.4 Å². The average Bonchev–Trinajstić information content (AvgIpc) is 2.75. The molecule has 0 atom stereocenters. The molecule has 9 heteroatoms. The molecule has 148 valence electrons. The minimum atomic E-state index is -0.376. The van der Waals surface area contributed by atoms with Crippen molar-refractivity contribution in [3.63, 3.8) is 0 Å². The molecule has 0 saturated heterocycles. The summed E-state index contributed by atoms with van der Waals surface area (Å²) >= 11 is 8.51. The van der Waals surface area contributed by atoms with Crippen molar-refractivity contribution in [3.8, 4) is 17.2 Å². The molecule has 30 heavy (non-hydrogen) atoms. The summed E-state index contributed by atoms with van der Waals surface area (Å²) in [7, 11) is 1.40. The predicted octanol–water partition coefficient (Wildman–Crippen LogP) is 4.39. The lowest BCUT2D eigenvalue weighted by atomic mass is 10.1. The highest BCUT2D eigenvalue weighted by Gasteiger charge is 2.18. The molecule has 7 nitrogen and oxygen atoms in total. The van der Waals surface area contributed by atoms with Gasteiger partial charge in [-0.05, 0) is 65.1 Å². The van der Waals surface area contributed by atoms with Crippen LogP contribution in [0, 0.1) is 14.9 Å². The third-order valence-electron chi connectivity index (χ3n) is 4.39. The number of hydrogen-bond acceptors (Lipinski definition) is 6. The van der Waals surface area contributed by atoms with Gasteiger partial charge < -0.3 is 10.2 Å². The monoisotopic (exact) mass is 529 g/mol. The van der Waals surface area contributed by atoms with Crippen molar-refractivity contribution in [1.29, 1.82) is 5.26 Å². The lowest BCUT2D eigenvalue weighted by Crippen LogP contribution is -2.27. The quantitative estimate of drug-likeness (QED) is 0.394. The van der Waals surface area contributed by atoms with Crippen LogP contribution in [0.15, 0.2) is 59.5 Å². The fourth-order valence-electron chi connectivity index (χ4n) is 2.99. The highest BCUT2D eigenvalue weighted by molar-refractivity contribution is 14.1. The molecule has 2 heterocycles. The maximum Gasteiger partial charge on any atom is 0.293 e. The minimum Gasteiger partial charge on any atom is -0.412 e. The number of rotatable bonds is 4. The number of halogens is 2. The van der Waals surface area contributed by atoms with Crippen LogP contribution in [0.4, 0.5) is 11.6 Å². The van der Waals surface area contributed by atoms with Crippen LogP contribution < -0.4 is 15.7 Å². The van der Waals surface area contributed by atoms with Crippen LogP contribution in [-0.2, 0) is 0 Å². The number of anilines is 2. The zero-order valence-electron chi connectivity index (χ0n) is 15.6. The molecular formula is C21H13ClIN5O2. The van der Waals surface area contributed by atoms with Gasteiger partial charge in [-0.2, -0.15) is 10.2 Å². The Morgan fingerprint density at radius 2 is 2.00 bits per heavy atom. The molecule has 0 unspecified atom stereocenters. The smallest absolute Gasteiger partial charge is 0.293 e. The van der Waals surface area contributed by atoms with Gasteiger partial charge in [0.05, 0.1) is 17.2 Å². The van der Waals surface area contributed by atoms with Gasteiger partial charge in [0.1, 0.15) is 7.11 Å². The molecule has 0 spiro atoms. The SMILES string of the molecule is COn1c(=O)c(-c2c(Cl)cccc2I)cc2cnc(Nc3ccc(C#N)cc3)nc21. The molecule has 0 fully saturated rings. The van der Waals surface area contributed by atoms with Crippen molar-refractivity contribution in [1.82, 2.24) is 14.7 Å². The number of fused-ring (bicyclic) bond motifs is 1. The Labute approximate surface area is 190 Å². The number of nitrogens with zero attached hydrogens (tertiary/aromatic N) is 4. The van der Waals surface area contributed by atoms with E-state index in [4.69, 9.17) is 21.7 Å². The van der Waals surface area contributed by atoms with E-state index in [0.717, 1.165) is 8.30 Å². The van der Waals surface area contributed by atoms with Crippen molar-refractivity contribution in [2.24, 2.45) is 0 Å². The van der Waals surface area contributed by atoms with Crippen LogP contribution in [-0.4, -0.2) is 21.8 Å². The second kappa shape index (κ2) is 8.30. The zero-order valence-corrected chi connectivity index (χ0v) is 18.5. The van der Waals surface area contributed by atoms with Gasteiger partial charge in [-0.15, -0.1) is 4.73 Å². The van der Waals surface area contributed by atoms with E-state index >= 15 is 0 Å². The molecule has 0 radical (unpaired) electrons. The summed E-state index contributed by atoms with van der Waals surface area (Å²) < 4.78 is 1.97. The minimum absolute atomic E-state index is 0.289. The van der Waals surface area contributed by atoms with E-state index in [0.29, 0.717) is 38.4 Å². The molecule has 2 aromatic heterocycles. The zero-order chi connectivity index (χ0) is 21.3. The van der Waals surface area contributed by atoms with Crippen molar-refractivity contribution in [3.05, 3.63) is 79.2 Å². The van der Waals surface area contributed by atoms with Gasteiger partial charge >= 0.3 is 0 Å². The van der Waals surface area contributed by atoms with Gasteiger partial charge in [-0.25, -0.2) is 4.98 Å². The second-order valence-electron chi connectivity index (χ2n) is 6.22. The molecule has 0 aliphatic heterocycles. The lowest BCUT2D eigenvalue weighted by molar-refractivity contribution is 0.168. The molecular weight excluding hydrogens is 517 g/mol. The van der Waals surface area contributed by atoms with E-state index in [-0.39, 0.29) is 11.5 Å². The van der Waals surface area contributed by atoms with E-state index in [1.54, 1.807) is 42.6 Å². The van der Waals surface area contributed by atoms with Crippen LogP contribution in [0.5, 0.6) is 0 Å². The second-order valence-corrected chi connectivity index (χ2v) is 7.79. The Kier molecular flexibility index (Phi) is 5.57. The van der Waals surface area contributed by atoms with E-state index in [9.17, 15) is 4.79 Å². The fraction of sp³-hybridized carbons (Fsp3) is 0.0476. The number of nitrogens with one attached hydrogen (secondary N) is 1. The summed E-state index contributed by atoms with van der Waals surface area (Å²) in [4.78, 5) is 27.2. The van der Waals surface area contributed by atoms with Gasteiger partial charge in [0.15, 0.2) is 5.65 Å². The van der Waals surface area contributed by atoms with Gasteiger partial charge in [-0.1, -0.05) is 17.7 Å². The van der Waals surface area contributed by atoms with Crippen LogP contribution >= 0.6 is 34.2 Å². The van der Waals surface area contributed by atoms with E-state index in [1.807, 2.05) is 12.1 Å². The van der Waals surface area contributed by atoms with E-state index in [1.165, 1.54) is 7.11 Å². The first-order valence-electron chi connectivity index (χ1n) is 8.70. The normalized spacial score (nSPS) is 10.6. The maximum absolute atomic E-state index is 13.1. The molecule has 2 aromatic carbocycles. The Balaban J connectivity index is 1.83. The molecule has 4 rings (SSSR count). The maximum atomic E-state index is 13.1. The van der Waals surface area contributed by atoms with Crippen molar-refractivity contribution in [2.75, 3.05) is 12.4 Å². The Morgan fingerprint density at radius 3 is 2.67 bits per heavy atom. The fourth-order valence-corrected chi connectivity index (χ4v) is 4.21. The Hall–Kier alpha value is -3.16. The number of benzene rings is 2. The highest BCUT2D eigenvalue weighted by Crippen LogP contribution is 2.31. The summed E-state index contributed by atoms with van der Waals surface area (Å²) in [6.07, 6.45) is 1.61. The first-order valence-corrected chi connectivity index (χ1v) is 10.2. The topological polar surface area (TPSA) is 92.8 Å². The van der Waals surface area contributed by atoms with Crippen LogP contribution in [0.25, 0.3) is 22.2 Å². The summed E-state index contributed by atoms with van der Waals surface area (Å²) in [5.41, 5.74) is 2.24. The van der Waals surface area contributed by atoms with Gasteiger partial charge in [-0.3, -0.25) is 4.79 Å². The summed E-state index contributed by atoms with van der Waals surface area (Å²) in [6.45, 7) is 0. The first-order chi connectivity index (χ1) is 14.5. The first kappa shape index (κ1) is 20.1. The number of pyridine rings is 1. The molecule has 1 N–H and O–H groups in total. The molecule has 0 saturated carbocycles. The Morgan fingerprint density at radius 1 is 1.23 bits per heavy atom. The molecule has 0 amide bonds. The van der Waals surface area contributed by atoms with Crippen molar-refractivity contribution >= 4 is 56.9 Å². The number of nitriles is 1. The van der Waals surface area contributed by atoms with E-state index < -0.39 is 0 Å². The highest BCUT2D eigenvalue weighted by atomic mass is 127. The third-order valence-corrected chi connectivity index (χ3v) is 5.60. The van der Waals surface area contributed by atoms with Gasteiger partial charge in [0.2, 0.25) is 5.95 Å². The summed E-state index contributed by atoms with van der Waals surface area (Å²) in [6, 6.07) is 16.1. The Bertz CT molecular complexity index is 1340. The lowest BCUT2D eigenvalue weighted by Gasteiger charge is -2.13. The van der Waals surface area contributed by atoms with E-state index in [2.05, 4.69) is 43.9 Å². The van der Waals surface area contributed by atoms with Crippen LogP contribution in [0.1, 0.15) is 5.56 Å².